The number of nitrogens with zero attached hydrogens (tertiary/aromatic N) is 1. The first-order chi connectivity index (χ1) is 8.15. The van der Waals surface area contributed by atoms with Crippen LogP contribution < -0.4 is 11.1 Å². The molecule has 2 atom stereocenters. The highest BCUT2D eigenvalue weighted by Gasteiger charge is 2.16. The predicted molar refractivity (Wildman–Crippen MR) is 73.8 cm³/mol. The number of nitrogens with one attached hydrogen (secondary N) is 1. The van der Waals surface area contributed by atoms with Gasteiger partial charge in [0, 0.05) is 6.04 Å². The van der Waals surface area contributed by atoms with Crippen molar-refractivity contribution in [1.29, 1.82) is 0 Å². The maximum Gasteiger partial charge on any atom is 0.0564 e. The molecule has 0 aliphatic heterocycles. The first kappa shape index (κ1) is 14.2. The minimum atomic E-state index is 0.0579. The van der Waals surface area contributed by atoms with Crippen LogP contribution in [0.2, 0.25) is 0 Å². The van der Waals surface area contributed by atoms with Gasteiger partial charge in [0.15, 0.2) is 0 Å². The van der Waals surface area contributed by atoms with E-state index >= 15 is 0 Å². The minimum Gasteiger partial charge on any atom is -0.316 e. The van der Waals surface area contributed by atoms with Gasteiger partial charge in [-0.15, -0.1) is 0 Å². The second-order valence-electron chi connectivity index (χ2n) is 4.69. The molecule has 0 radical (unpaired) electrons. The van der Waals surface area contributed by atoms with E-state index in [9.17, 15) is 0 Å². The fraction of sp³-hybridized carbons (Fsp3) is 0.571. The third-order valence-corrected chi connectivity index (χ3v) is 2.94. The van der Waals surface area contributed by atoms with Gasteiger partial charge >= 0.3 is 0 Å². The molecule has 1 aromatic carbocycles. The van der Waals surface area contributed by atoms with Gasteiger partial charge in [-0.25, -0.2) is 0 Å². The lowest BCUT2D eigenvalue weighted by Crippen LogP contribution is -2.41. The first-order valence-electron chi connectivity index (χ1n) is 6.35. The average Bonchev–Trinajstić information content (AvgIpc) is 2.34. The van der Waals surface area contributed by atoms with Crippen LogP contribution in [0.5, 0.6) is 0 Å². The topological polar surface area (TPSA) is 41.3 Å². The van der Waals surface area contributed by atoms with E-state index in [1.807, 2.05) is 6.07 Å². The lowest BCUT2D eigenvalue weighted by Gasteiger charge is -2.28. The van der Waals surface area contributed by atoms with Gasteiger partial charge in [0.1, 0.15) is 0 Å². The molecule has 0 bridgehead atoms. The van der Waals surface area contributed by atoms with Gasteiger partial charge in [0.2, 0.25) is 0 Å². The molecule has 2 unspecified atom stereocenters. The normalized spacial score (nSPS) is 14.9. The Hall–Kier alpha value is -0.900. The molecule has 1 rings (SSSR count). The van der Waals surface area contributed by atoms with Crippen LogP contribution in [0.4, 0.5) is 0 Å². The van der Waals surface area contributed by atoms with Gasteiger partial charge in [-0.3, -0.25) is 0 Å². The fourth-order valence-electron chi connectivity index (χ4n) is 1.97. The molecule has 0 spiro atoms. The van der Waals surface area contributed by atoms with E-state index < -0.39 is 0 Å². The van der Waals surface area contributed by atoms with Crippen molar-refractivity contribution in [2.45, 2.75) is 32.0 Å². The summed E-state index contributed by atoms with van der Waals surface area (Å²) in [6, 6.07) is 10.9. The summed E-state index contributed by atoms with van der Waals surface area (Å²) in [5.41, 5.74) is 7.42. The summed E-state index contributed by atoms with van der Waals surface area (Å²) in [5.74, 6) is 0. The summed E-state index contributed by atoms with van der Waals surface area (Å²) < 4.78 is 0. The van der Waals surface area contributed by atoms with E-state index in [1.54, 1.807) is 0 Å². The lowest BCUT2D eigenvalue weighted by atomic mass is 10.0. The molecule has 3 N–H and O–H groups in total. The SMILES string of the molecule is CCCNC(N)CC(c1ccccc1)N(C)C. The number of hydrogen-bond acceptors (Lipinski definition) is 3. The average molecular weight is 235 g/mol. The summed E-state index contributed by atoms with van der Waals surface area (Å²) in [6.07, 6.45) is 2.10. The third kappa shape index (κ3) is 4.86. The Morgan fingerprint density at radius 2 is 1.88 bits per heavy atom. The summed E-state index contributed by atoms with van der Waals surface area (Å²) in [6.45, 7) is 3.14. The van der Waals surface area contributed by atoms with Gasteiger partial charge in [0.25, 0.3) is 0 Å². The number of benzene rings is 1. The van der Waals surface area contributed by atoms with Crippen molar-refractivity contribution in [3.8, 4) is 0 Å². The fourth-order valence-corrected chi connectivity index (χ4v) is 1.97. The van der Waals surface area contributed by atoms with Crippen LogP contribution in [0.25, 0.3) is 0 Å². The van der Waals surface area contributed by atoms with Crippen LogP contribution in [0.15, 0.2) is 30.3 Å². The number of nitrogens with two attached hydrogens (primary N) is 1. The first-order valence-corrected chi connectivity index (χ1v) is 6.35. The quantitative estimate of drug-likeness (QED) is 0.710. The summed E-state index contributed by atoms with van der Waals surface area (Å²) in [7, 11) is 4.20. The molecule has 0 aliphatic carbocycles. The zero-order valence-corrected chi connectivity index (χ0v) is 11.2. The molecular formula is C14H25N3. The second kappa shape index (κ2) is 7.43. The van der Waals surface area contributed by atoms with Crippen LogP contribution in [0.3, 0.4) is 0 Å². The van der Waals surface area contributed by atoms with Crippen molar-refractivity contribution in [2.75, 3.05) is 20.6 Å². The maximum atomic E-state index is 6.10. The Balaban J connectivity index is 2.61. The van der Waals surface area contributed by atoms with E-state index in [0.29, 0.717) is 6.04 Å². The molecule has 0 heterocycles. The Bertz CT molecular complexity index is 298. The van der Waals surface area contributed by atoms with E-state index in [2.05, 4.69) is 55.5 Å². The molecule has 0 amide bonds. The van der Waals surface area contributed by atoms with Crippen molar-refractivity contribution in [3.63, 3.8) is 0 Å². The predicted octanol–water partition coefficient (Wildman–Crippen LogP) is 1.96. The molecule has 3 nitrogen and oxygen atoms in total. The monoisotopic (exact) mass is 235 g/mol. The Kier molecular flexibility index (Phi) is 6.19. The minimum absolute atomic E-state index is 0.0579. The van der Waals surface area contributed by atoms with Crippen molar-refractivity contribution >= 4 is 0 Å². The van der Waals surface area contributed by atoms with Crippen LogP contribution in [0.1, 0.15) is 31.4 Å². The van der Waals surface area contributed by atoms with Gasteiger partial charge in [-0.1, -0.05) is 37.3 Å². The number of rotatable bonds is 7. The molecule has 0 saturated heterocycles. The Morgan fingerprint density at radius 3 is 2.41 bits per heavy atom. The molecule has 0 saturated carbocycles. The summed E-state index contributed by atoms with van der Waals surface area (Å²) in [4.78, 5) is 2.23. The van der Waals surface area contributed by atoms with E-state index in [-0.39, 0.29) is 6.17 Å². The molecule has 17 heavy (non-hydrogen) atoms. The van der Waals surface area contributed by atoms with Gasteiger partial charge in [-0.2, -0.15) is 0 Å². The third-order valence-electron chi connectivity index (χ3n) is 2.94. The maximum absolute atomic E-state index is 6.10. The molecule has 96 valence electrons. The van der Waals surface area contributed by atoms with Gasteiger partial charge < -0.3 is 16.0 Å². The lowest BCUT2D eigenvalue weighted by molar-refractivity contribution is 0.257. The molecule has 1 aromatic rings. The molecular weight excluding hydrogens is 210 g/mol. The molecule has 0 fully saturated rings. The molecule has 3 heteroatoms. The Labute approximate surface area is 105 Å². The second-order valence-corrected chi connectivity index (χ2v) is 4.69. The highest BCUT2D eigenvalue weighted by Crippen LogP contribution is 2.22. The highest BCUT2D eigenvalue weighted by atomic mass is 15.1. The molecule has 0 aromatic heterocycles. The van der Waals surface area contributed by atoms with E-state index in [4.69, 9.17) is 5.73 Å². The van der Waals surface area contributed by atoms with Crippen molar-refractivity contribution in [2.24, 2.45) is 5.73 Å². The summed E-state index contributed by atoms with van der Waals surface area (Å²) in [5, 5.41) is 3.34. The van der Waals surface area contributed by atoms with Gasteiger partial charge in [-0.05, 0) is 39.0 Å². The van der Waals surface area contributed by atoms with Crippen LogP contribution in [0, 0.1) is 0 Å². The Morgan fingerprint density at radius 1 is 1.24 bits per heavy atom. The number of hydrogen-bond donors (Lipinski definition) is 2. The van der Waals surface area contributed by atoms with E-state index in [1.165, 1.54) is 5.56 Å². The van der Waals surface area contributed by atoms with Crippen LogP contribution in [-0.4, -0.2) is 31.7 Å². The van der Waals surface area contributed by atoms with Crippen molar-refractivity contribution in [3.05, 3.63) is 35.9 Å². The zero-order chi connectivity index (χ0) is 12.7. The standard InChI is InChI=1S/C14H25N3/c1-4-10-16-14(15)11-13(17(2)3)12-8-6-5-7-9-12/h5-9,13-14,16H,4,10-11,15H2,1-3H3. The van der Waals surface area contributed by atoms with Crippen LogP contribution >= 0.6 is 0 Å². The van der Waals surface area contributed by atoms with E-state index in [0.717, 1.165) is 19.4 Å². The van der Waals surface area contributed by atoms with Crippen LogP contribution in [-0.2, 0) is 0 Å². The van der Waals surface area contributed by atoms with Crippen molar-refractivity contribution in [1.82, 2.24) is 10.2 Å². The highest BCUT2D eigenvalue weighted by molar-refractivity contribution is 5.19. The largest absolute Gasteiger partial charge is 0.316 e. The smallest absolute Gasteiger partial charge is 0.0564 e. The molecule has 0 aliphatic rings. The summed E-state index contributed by atoms with van der Waals surface area (Å²) >= 11 is 0. The zero-order valence-electron chi connectivity index (χ0n) is 11.2. The van der Waals surface area contributed by atoms with Crippen molar-refractivity contribution < 1.29 is 0 Å². The van der Waals surface area contributed by atoms with Gasteiger partial charge in [0.05, 0.1) is 6.17 Å².